The summed E-state index contributed by atoms with van der Waals surface area (Å²) in [6.07, 6.45) is 0. The first kappa shape index (κ1) is 23.5. The van der Waals surface area contributed by atoms with Gasteiger partial charge in [-0.15, -0.1) is 0 Å². The number of benzene rings is 3. The molecule has 7 heteroatoms. The number of nitrogens with one attached hydrogen (secondary N) is 1. The Morgan fingerprint density at radius 1 is 0.875 bits per heavy atom. The molecule has 1 N–H and O–H groups in total. The number of sulfonamides is 1. The summed E-state index contributed by atoms with van der Waals surface area (Å²) in [5.74, 6) is 0.283. The zero-order valence-corrected chi connectivity index (χ0v) is 19.4. The van der Waals surface area contributed by atoms with Gasteiger partial charge in [0.25, 0.3) is 0 Å². The van der Waals surface area contributed by atoms with Gasteiger partial charge in [-0.25, -0.2) is 8.42 Å². The molecule has 3 aromatic rings. The van der Waals surface area contributed by atoms with Crippen LogP contribution in [0.1, 0.15) is 23.6 Å². The second-order valence-electron chi connectivity index (χ2n) is 7.58. The number of carbonyl (C=O) groups excluding carboxylic acids is 1. The van der Waals surface area contributed by atoms with Crippen LogP contribution in [-0.4, -0.2) is 31.8 Å². The van der Waals surface area contributed by atoms with E-state index in [0.717, 1.165) is 16.7 Å². The molecule has 32 heavy (non-hydrogen) atoms. The summed E-state index contributed by atoms with van der Waals surface area (Å²) in [5.41, 5.74) is 3.42. The Balaban J connectivity index is 1.81. The molecule has 3 aromatic carbocycles. The highest BCUT2D eigenvalue weighted by Crippen LogP contribution is 2.20. The van der Waals surface area contributed by atoms with E-state index < -0.39 is 15.9 Å². The van der Waals surface area contributed by atoms with Crippen molar-refractivity contribution in [3.8, 4) is 5.75 Å². The van der Waals surface area contributed by atoms with Gasteiger partial charge in [-0.3, -0.25) is 4.79 Å². The largest absolute Gasteiger partial charge is 0.494 e. The number of rotatable bonds is 9. The molecule has 0 aliphatic carbocycles. The Morgan fingerprint density at radius 2 is 1.44 bits per heavy atom. The third kappa shape index (κ3) is 6.18. The second kappa shape index (κ2) is 10.4. The lowest BCUT2D eigenvalue weighted by molar-refractivity contribution is -0.116. The number of amides is 1. The van der Waals surface area contributed by atoms with E-state index in [1.807, 2.05) is 45.0 Å². The number of ether oxygens (including phenoxy) is 1. The van der Waals surface area contributed by atoms with Gasteiger partial charge in [-0.05, 0) is 62.7 Å². The average molecular weight is 453 g/mol. The van der Waals surface area contributed by atoms with Crippen molar-refractivity contribution in [1.82, 2.24) is 4.31 Å². The van der Waals surface area contributed by atoms with Crippen LogP contribution in [0.4, 0.5) is 5.69 Å². The summed E-state index contributed by atoms with van der Waals surface area (Å²) >= 11 is 0. The Hall–Kier alpha value is -3.16. The normalized spacial score (nSPS) is 11.4. The monoisotopic (exact) mass is 452 g/mol. The Bertz CT molecular complexity index is 1140. The van der Waals surface area contributed by atoms with E-state index >= 15 is 0 Å². The molecule has 0 radical (unpaired) electrons. The van der Waals surface area contributed by atoms with Crippen molar-refractivity contribution < 1.29 is 17.9 Å². The number of aryl methyl sites for hydroxylation is 2. The van der Waals surface area contributed by atoms with Gasteiger partial charge in [0, 0.05) is 12.2 Å². The fourth-order valence-electron chi connectivity index (χ4n) is 3.14. The molecule has 0 spiro atoms. The van der Waals surface area contributed by atoms with Gasteiger partial charge < -0.3 is 10.1 Å². The first-order valence-corrected chi connectivity index (χ1v) is 11.9. The molecule has 0 bridgehead atoms. The molecule has 0 heterocycles. The van der Waals surface area contributed by atoms with E-state index in [4.69, 9.17) is 4.74 Å². The van der Waals surface area contributed by atoms with Gasteiger partial charge in [0.1, 0.15) is 5.75 Å². The molecular weight excluding hydrogens is 424 g/mol. The van der Waals surface area contributed by atoms with Gasteiger partial charge in [0.15, 0.2) is 0 Å². The van der Waals surface area contributed by atoms with Crippen LogP contribution in [0, 0.1) is 13.8 Å². The summed E-state index contributed by atoms with van der Waals surface area (Å²) in [4.78, 5) is 12.9. The maximum atomic E-state index is 13.3. The molecule has 0 aromatic heterocycles. The molecule has 168 valence electrons. The number of hydrogen-bond donors (Lipinski definition) is 1. The lowest BCUT2D eigenvalue weighted by atomic mass is 10.1. The van der Waals surface area contributed by atoms with Crippen LogP contribution >= 0.6 is 0 Å². The zero-order valence-electron chi connectivity index (χ0n) is 18.5. The summed E-state index contributed by atoms with van der Waals surface area (Å²) in [5, 5.41) is 2.77. The van der Waals surface area contributed by atoms with Crippen molar-refractivity contribution in [2.45, 2.75) is 32.2 Å². The van der Waals surface area contributed by atoms with Crippen molar-refractivity contribution in [3.05, 3.63) is 89.5 Å². The summed E-state index contributed by atoms with van der Waals surface area (Å²) in [6.45, 7) is 6.09. The van der Waals surface area contributed by atoms with Crippen LogP contribution < -0.4 is 10.1 Å². The minimum absolute atomic E-state index is 0.0905. The van der Waals surface area contributed by atoms with Crippen LogP contribution in [0.3, 0.4) is 0 Å². The third-order valence-electron chi connectivity index (χ3n) is 4.91. The van der Waals surface area contributed by atoms with Gasteiger partial charge in [-0.1, -0.05) is 47.5 Å². The van der Waals surface area contributed by atoms with Gasteiger partial charge >= 0.3 is 0 Å². The van der Waals surface area contributed by atoms with Crippen molar-refractivity contribution in [2.24, 2.45) is 0 Å². The first-order valence-electron chi connectivity index (χ1n) is 10.4. The SMILES string of the molecule is CCOc1ccc(NC(=O)CN(Cc2ccc(C)cc2)S(=O)(=O)c2ccc(C)cc2)cc1. The van der Waals surface area contributed by atoms with Crippen molar-refractivity contribution in [3.63, 3.8) is 0 Å². The predicted molar refractivity (Wildman–Crippen MR) is 126 cm³/mol. The number of anilines is 1. The maximum Gasteiger partial charge on any atom is 0.243 e. The fourth-order valence-corrected chi connectivity index (χ4v) is 4.53. The number of carbonyl (C=O) groups is 1. The van der Waals surface area contributed by atoms with Gasteiger partial charge in [-0.2, -0.15) is 4.31 Å². The van der Waals surface area contributed by atoms with Crippen LogP contribution in [-0.2, 0) is 21.4 Å². The summed E-state index contributed by atoms with van der Waals surface area (Å²) in [6, 6.07) is 21.2. The molecule has 0 unspecified atom stereocenters. The third-order valence-corrected chi connectivity index (χ3v) is 6.71. The van der Waals surface area contributed by atoms with Crippen molar-refractivity contribution in [2.75, 3.05) is 18.5 Å². The Morgan fingerprint density at radius 3 is 2.00 bits per heavy atom. The number of hydrogen-bond acceptors (Lipinski definition) is 4. The average Bonchev–Trinajstić information content (AvgIpc) is 2.76. The van der Waals surface area contributed by atoms with Crippen LogP contribution in [0.5, 0.6) is 5.75 Å². The van der Waals surface area contributed by atoms with Crippen LogP contribution in [0.2, 0.25) is 0 Å². The fraction of sp³-hybridized carbons (Fsp3) is 0.240. The van der Waals surface area contributed by atoms with Gasteiger partial charge in [0.05, 0.1) is 18.0 Å². The van der Waals surface area contributed by atoms with Crippen molar-refractivity contribution in [1.29, 1.82) is 0 Å². The molecule has 0 atom stereocenters. The maximum absolute atomic E-state index is 13.3. The Kier molecular flexibility index (Phi) is 7.66. The second-order valence-corrected chi connectivity index (χ2v) is 9.52. The predicted octanol–water partition coefficient (Wildman–Crippen LogP) is 4.53. The van der Waals surface area contributed by atoms with Crippen LogP contribution in [0.15, 0.2) is 77.7 Å². The van der Waals surface area contributed by atoms with Crippen LogP contribution in [0.25, 0.3) is 0 Å². The van der Waals surface area contributed by atoms with E-state index in [1.165, 1.54) is 4.31 Å². The molecule has 0 saturated heterocycles. The van der Waals surface area contributed by atoms with E-state index in [9.17, 15) is 13.2 Å². The van der Waals surface area contributed by atoms with Crippen molar-refractivity contribution >= 4 is 21.6 Å². The highest BCUT2D eigenvalue weighted by molar-refractivity contribution is 7.89. The molecule has 0 fully saturated rings. The smallest absolute Gasteiger partial charge is 0.243 e. The van der Waals surface area contributed by atoms with E-state index in [2.05, 4.69) is 5.32 Å². The molecule has 0 saturated carbocycles. The summed E-state index contributed by atoms with van der Waals surface area (Å²) in [7, 11) is -3.88. The lowest BCUT2D eigenvalue weighted by Crippen LogP contribution is -2.37. The molecular formula is C25H28N2O4S. The van der Waals surface area contributed by atoms with E-state index in [-0.39, 0.29) is 18.0 Å². The minimum atomic E-state index is -3.88. The molecule has 1 amide bonds. The lowest BCUT2D eigenvalue weighted by Gasteiger charge is -2.22. The summed E-state index contributed by atoms with van der Waals surface area (Å²) < 4.78 is 33.3. The molecule has 6 nitrogen and oxygen atoms in total. The van der Waals surface area contributed by atoms with E-state index in [0.29, 0.717) is 18.0 Å². The first-order chi connectivity index (χ1) is 15.3. The van der Waals surface area contributed by atoms with Gasteiger partial charge in [0.2, 0.25) is 15.9 Å². The molecule has 0 aliphatic rings. The quantitative estimate of drug-likeness (QED) is 0.518. The highest BCUT2D eigenvalue weighted by Gasteiger charge is 2.27. The topological polar surface area (TPSA) is 75.7 Å². The van der Waals surface area contributed by atoms with E-state index in [1.54, 1.807) is 48.5 Å². The highest BCUT2D eigenvalue weighted by atomic mass is 32.2. The standard InChI is InChI=1S/C25H28N2O4S/c1-4-31-23-13-11-22(12-14-23)26-25(28)18-27(17-21-9-5-19(2)6-10-21)32(29,30)24-15-7-20(3)8-16-24/h5-16H,4,17-18H2,1-3H3,(H,26,28). The number of nitrogens with zero attached hydrogens (tertiary/aromatic N) is 1. The zero-order chi connectivity index (χ0) is 23.1. The Labute approximate surface area is 189 Å². The minimum Gasteiger partial charge on any atom is -0.494 e. The molecule has 3 rings (SSSR count). The molecule has 0 aliphatic heterocycles.